The quantitative estimate of drug-likeness (QED) is 0.509. The Hall–Kier alpha value is 0.646. The number of hydrogen-bond acceptors (Lipinski definition) is 2. The van der Waals surface area contributed by atoms with Gasteiger partial charge in [0.15, 0.2) is 0 Å². The van der Waals surface area contributed by atoms with E-state index in [0.717, 1.165) is 0 Å². The number of rotatable bonds is 0. The van der Waals surface area contributed by atoms with E-state index >= 15 is 0 Å². The molecular weight excluding hydrogens is 133 g/mol. The van der Waals surface area contributed by atoms with Crippen molar-refractivity contribution in [1.29, 1.82) is 0 Å². The Bertz CT molecular complexity index is 202. The Balaban J connectivity index is 0.000000490. The Morgan fingerprint density at radius 1 is 1.75 bits per heavy atom. The summed E-state index contributed by atoms with van der Waals surface area (Å²) < 4.78 is 4.53. The molecule has 8 heavy (non-hydrogen) atoms. The Morgan fingerprint density at radius 3 is 2.50 bits per heavy atom. The summed E-state index contributed by atoms with van der Waals surface area (Å²) in [4.78, 5) is 10.1. The first-order valence-corrected chi connectivity index (χ1v) is 1.94. The van der Waals surface area contributed by atoms with Crippen molar-refractivity contribution < 1.29 is 4.52 Å². The fraction of sp³-hybridized carbons (Fsp3) is 0.250. The van der Waals surface area contributed by atoms with E-state index in [-0.39, 0.29) is 56.9 Å². The molecular formula is C4H5KNO2. The molecule has 0 aromatic carbocycles. The summed E-state index contributed by atoms with van der Waals surface area (Å²) in [6, 6.07) is 1.39. The monoisotopic (exact) mass is 138 g/mol. The van der Waals surface area contributed by atoms with Gasteiger partial charge in [-0.05, 0) is 6.92 Å². The Labute approximate surface area is 88.8 Å². The van der Waals surface area contributed by atoms with Crippen LogP contribution >= 0.6 is 0 Å². The van der Waals surface area contributed by atoms with Gasteiger partial charge in [-0.2, -0.15) is 5.16 Å². The normalized spacial score (nSPS) is 8.12. The summed E-state index contributed by atoms with van der Waals surface area (Å²) in [5.41, 5.74) is -0.183. The van der Waals surface area contributed by atoms with E-state index in [0.29, 0.717) is 5.76 Å². The van der Waals surface area contributed by atoms with E-state index in [1.54, 1.807) is 6.92 Å². The number of aromatic nitrogens is 1. The maximum atomic E-state index is 10.1. The van der Waals surface area contributed by atoms with Crippen LogP contribution in [-0.2, 0) is 0 Å². The standard InChI is InChI=1S/C4H5NO2.K/c1-3-2-4(6)5-7-3;/h2H,1H3,(H,5,6);. The van der Waals surface area contributed by atoms with Gasteiger partial charge in [0.05, 0.1) is 0 Å². The largest absolute Gasteiger partial charge is 0.384 e. The second-order valence-electron chi connectivity index (χ2n) is 1.32. The second kappa shape index (κ2) is 3.63. The molecule has 1 rings (SSSR count). The molecule has 0 saturated carbocycles. The van der Waals surface area contributed by atoms with E-state index in [9.17, 15) is 4.79 Å². The first kappa shape index (κ1) is 8.65. The summed E-state index contributed by atoms with van der Waals surface area (Å²) in [7, 11) is 0. The molecule has 0 amide bonds. The molecule has 1 radical (unpaired) electrons. The molecule has 1 heterocycles. The van der Waals surface area contributed by atoms with E-state index in [1.165, 1.54) is 6.07 Å². The molecule has 4 heteroatoms. The van der Waals surface area contributed by atoms with Crippen LogP contribution in [0.5, 0.6) is 0 Å². The molecule has 0 saturated heterocycles. The van der Waals surface area contributed by atoms with Gasteiger partial charge in [-0.25, -0.2) is 0 Å². The van der Waals surface area contributed by atoms with Crippen molar-refractivity contribution in [3.05, 3.63) is 22.2 Å². The molecule has 39 valence electrons. The Morgan fingerprint density at radius 2 is 2.38 bits per heavy atom. The SMILES string of the molecule is Cc1cc(=O)[nH]o1.[K]. The molecule has 3 nitrogen and oxygen atoms in total. The summed E-state index contributed by atoms with van der Waals surface area (Å²) in [5, 5.41) is 2.14. The smallest absolute Gasteiger partial charge is 0.280 e. The molecule has 0 aliphatic carbocycles. The molecule has 0 spiro atoms. The minimum absolute atomic E-state index is 0. The second-order valence-corrected chi connectivity index (χ2v) is 1.32. The number of hydrogen-bond donors (Lipinski definition) is 1. The van der Waals surface area contributed by atoms with Gasteiger partial charge >= 0.3 is 0 Å². The van der Waals surface area contributed by atoms with Gasteiger partial charge in [-0.3, -0.25) is 4.79 Å². The molecule has 0 atom stereocenters. The fourth-order valence-corrected chi connectivity index (χ4v) is 0.374. The van der Waals surface area contributed by atoms with Gasteiger partial charge in [-0.1, -0.05) is 0 Å². The fourth-order valence-electron chi connectivity index (χ4n) is 0.374. The summed E-state index contributed by atoms with van der Waals surface area (Å²) >= 11 is 0. The van der Waals surface area contributed by atoms with Crippen LogP contribution in [0.3, 0.4) is 0 Å². The zero-order chi connectivity index (χ0) is 5.28. The van der Waals surface area contributed by atoms with Crippen LogP contribution in [0.15, 0.2) is 15.4 Å². The maximum absolute atomic E-state index is 10.1. The van der Waals surface area contributed by atoms with Crippen molar-refractivity contribution in [2.45, 2.75) is 6.92 Å². The molecule has 0 unspecified atom stereocenters. The number of aryl methyl sites for hydroxylation is 1. The van der Waals surface area contributed by atoms with E-state index in [1.807, 2.05) is 0 Å². The van der Waals surface area contributed by atoms with Crippen molar-refractivity contribution >= 4 is 51.4 Å². The first-order chi connectivity index (χ1) is 3.29. The predicted molar refractivity (Wildman–Crippen MR) is 29.8 cm³/mol. The van der Waals surface area contributed by atoms with Crippen LogP contribution < -0.4 is 5.56 Å². The molecule has 0 aliphatic heterocycles. The third kappa shape index (κ3) is 2.28. The first-order valence-electron chi connectivity index (χ1n) is 1.94. The third-order valence-electron chi connectivity index (χ3n) is 0.647. The zero-order valence-corrected chi connectivity index (χ0v) is 8.02. The van der Waals surface area contributed by atoms with Crippen molar-refractivity contribution in [3.8, 4) is 0 Å². The van der Waals surface area contributed by atoms with Crippen LogP contribution in [0, 0.1) is 6.92 Å². The van der Waals surface area contributed by atoms with E-state index in [2.05, 4.69) is 9.68 Å². The number of nitrogens with one attached hydrogen (secondary N) is 1. The van der Waals surface area contributed by atoms with Crippen LogP contribution in [0.1, 0.15) is 5.76 Å². The van der Waals surface area contributed by atoms with Crippen LogP contribution in [-0.4, -0.2) is 56.5 Å². The third-order valence-corrected chi connectivity index (χ3v) is 0.647. The van der Waals surface area contributed by atoms with E-state index < -0.39 is 0 Å². The molecule has 1 aromatic heterocycles. The zero-order valence-electron chi connectivity index (χ0n) is 4.89. The van der Waals surface area contributed by atoms with Gasteiger partial charge in [0.25, 0.3) is 5.56 Å². The topological polar surface area (TPSA) is 46.0 Å². The minimum atomic E-state index is -0.183. The molecule has 1 aromatic rings. The van der Waals surface area contributed by atoms with Gasteiger partial charge in [0, 0.05) is 57.5 Å². The maximum Gasteiger partial charge on any atom is 0.280 e. The summed E-state index contributed by atoms with van der Waals surface area (Å²) in [6.45, 7) is 1.71. The van der Waals surface area contributed by atoms with Gasteiger partial charge in [-0.15, -0.1) is 0 Å². The van der Waals surface area contributed by atoms with Crippen LogP contribution in [0.4, 0.5) is 0 Å². The van der Waals surface area contributed by atoms with Crippen LogP contribution in [0.2, 0.25) is 0 Å². The minimum Gasteiger partial charge on any atom is -0.384 e. The van der Waals surface area contributed by atoms with E-state index in [4.69, 9.17) is 0 Å². The summed E-state index contributed by atoms with van der Waals surface area (Å²) in [6.07, 6.45) is 0. The van der Waals surface area contributed by atoms with Gasteiger partial charge in [0.2, 0.25) is 0 Å². The van der Waals surface area contributed by atoms with Crippen molar-refractivity contribution in [2.24, 2.45) is 0 Å². The average Bonchev–Trinajstić information content (AvgIpc) is 1.87. The number of H-pyrrole nitrogens is 1. The predicted octanol–water partition coefficient (Wildman–Crippen LogP) is -0.104. The summed E-state index contributed by atoms with van der Waals surface area (Å²) in [5.74, 6) is 0.616. The van der Waals surface area contributed by atoms with Gasteiger partial charge in [0.1, 0.15) is 5.76 Å². The van der Waals surface area contributed by atoms with Crippen LogP contribution in [0.25, 0.3) is 0 Å². The average molecular weight is 138 g/mol. The van der Waals surface area contributed by atoms with Crippen molar-refractivity contribution in [3.63, 3.8) is 0 Å². The molecule has 1 N–H and O–H groups in total. The van der Waals surface area contributed by atoms with Crippen molar-refractivity contribution in [1.82, 2.24) is 5.16 Å². The molecule has 0 aliphatic rings. The molecule has 0 bridgehead atoms. The molecule has 0 fully saturated rings. The van der Waals surface area contributed by atoms with Gasteiger partial charge < -0.3 is 4.52 Å². The van der Waals surface area contributed by atoms with Crippen molar-refractivity contribution in [2.75, 3.05) is 0 Å². The Kier molecular flexibility index (Phi) is 3.92. The number of aromatic amines is 1.